The van der Waals surface area contributed by atoms with Crippen LogP contribution in [0.15, 0.2) is 12.1 Å². The van der Waals surface area contributed by atoms with Gasteiger partial charge in [0.1, 0.15) is 0 Å². The summed E-state index contributed by atoms with van der Waals surface area (Å²) in [5.74, 6) is -2.27. The minimum Gasteiger partial charge on any atom is -0.477 e. The summed E-state index contributed by atoms with van der Waals surface area (Å²) in [4.78, 5) is 16.4. The van der Waals surface area contributed by atoms with Crippen LogP contribution in [-0.4, -0.2) is 35.3 Å². The third-order valence-corrected chi connectivity index (χ3v) is 3.38. The predicted octanol–water partition coefficient (Wildman–Crippen LogP) is 2.14. The van der Waals surface area contributed by atoms with Gasteiger partial charge < -0.3 is 15.7 Å². The van der Waals surface area contributed by atoms with Gasteiger partial charge in [0.2, 0.25) is 0 Å². The largest absolute Gasteiger partial charge is 0.477 e. The van der Waals surface area contributed by atoms with Crippen molar-refractivity contribution in [2.75, 3.05) is 23.7 Å². The van der Waals surface area contributed by atoms with Crippen LogP contribution in [0.3, 0.4) is 0 Å². The fraction of sp³-hybridized carbons (Fsp3) is 0.500. The van der Waals surface area contributed by atoms with Crippen LogP contribution in [0, 0.1) is 5.92 Å². The molecule has 1 aliphatic rings. The minimum atomic E-state index is -4.19. The van der Waals surface area contributed by atoms with Crippen LogP contribution in [0.2, 0.25) is 0 Å². The predicted molar refractivity (Wildman–Crippen MR) is 66.6 cm³/mol. The van der Waals surface area contributed by atoms with E-state index in [9.17, 15) is 18.0 Å². The van der Waals surface area contributed by atoms with Crippen molar-refractivity contribution in [2.24, 2.45) is 5.92 Å². The Morgan fingerprint density at radius 1 is 1.35 bits per heavy atom. The molecule has 1 aromatic rings. The molecular formula is C12H14F3N3O2. The topological polar surface area (TPSA) is 79.5 Å². The summed E-state index contributed by atoms with van der Waals surface area (Å²) in [6, 6.07) is 2.67. The van der Waals surface area contributed by atoms with Crippen molar-refractivity contribution in [3.8, 4) is 0 Å². The van der Waals surface area contributed by atoms with Crippen LogP contribution in [0.4, 0.5) is 24.7 Å². The van der Waals surface area contributed by atoms with E-state index in [1.54, 1.807) is 4.90 Å². The number of hydrogen-bond donors (Lipinski definition) is 2. The molecule has 2 heterocycles. The van der Waals surface area contributed by atoms with E-state index < -0.39 is 18.1 Å². The number of anilines is 2. The summed E-state index contributed by atoms with van der Waals surface area (Å²) in [6.45, 7) is 0.314. The number of carboxylic acids is 1. The van der Waals surface area contributed by atoms with Crippen molar-refractivity contribution in [3.05, 3.63) is 17.8 Å². The second kappa shape index (κ2) is 5.18. The fourth-order valence-electron chi connectivity index (χ4n) is 2.25. The van der Waals surface area contributed by atoms with E-state index in [0.29, 0.717) is 0 Å². The van der Waals surface area contributed by atoms with E-state index in [1.165, 1.54) is 12.1 Å². The monoisotopic (exact) mass is 289 g/mol. The first kappa shape index (κ1) is 14.4. The normalized spacial score (nSPS) is 17.2. The molecule has 0 amide bonds. The van der Waals surface area contributed by atoms with Gasteiger partial charge in [-0.15, -0.1) is 0 Å². The van der Waals surface area contributed by atoms with E-state index in [-0.39, 0.29) is 43.1 Å². The number of carbonyl (C=O) groups is 1. The Bertz CT molecular complexity index is 511. The molecule has 8 heteroatoms. The number of carboxylic acid groups (broad SMARTS) is 1. The van der Waals surface area contributed by atoms with Gasteiger partial charge in [0.25, 0.3) is 0 Å². The lowest BCUT2D eigenvalue weighted by atomic mass is 9.96. The standard InChI is InChI=1S/C12H14F3N3O2/c13-12(14,15)7-3-5-18(6-4-7)10-8(16)1-2-9(17-10)11(19)20/h1-2,7H,3-6,16H2,(H,19,20). The van der Waals surface area contributed by atoms with Gasteiger partial charge in [0, 0.05) is 13.1 Å². The molecule has 1 aliphatic heterocycles. The van der Waals surface area contributed by atoms with Gasteiger partial charge in [0.05, 0.1) is 11.6 Å². The van der Waals surface area contributed by atoms with E-state index in [2.05, 4.69) is 4.98 Å². The number of halogens is 3. The molecule has 0 aliphatic carbocycles. The first-order valence-corrected chi connectivity index (χ1v) is 6.10. The third kappa shape index (κ3) is 2.94. The first-order chi connectivity index (χ1) is 9.29. The number of aromatic nitrogens is 1. The average Bonchev–Trinajstić information content (AvgIpc) is 2.38. The van der Waals surface area contributed by atoms with Crippen LogP contribution in [-0.2, 0) is 0 Å². The first-order valence-electron chi connectivity index (χ1n) is 6.10. The minimum absolute atomic E-state index is 0.0398. The zero-order valence-corrected chi connectivity index (χ0v) is 10.5. The SMILES string of the molecule is Nc1ccc(C(=O)O)nc1N1CCC(C(F)(F)F)CC1. The van der Waals surface area contributed by atoms with Crippen molar-refractivity contribution in [1.82, 2.24) is 4.98 Å². The molecule has 0 spiro atoms. The number of rotatable bonds is 2. The Kier molecular flexibility index (Phi) is 3.74. The van der Waals surface area contributed by atoms with Gasteiger partial charge in [0.15, 0.2) is 11.5 Å². The van der Waals surface area contributed by atoms with Crippen molar-refractivity contribution >= 4 is 17.5 Å². The highest BCUT2D eigenvalue weighted by molar-refractivity contribution is 5.87. The smallest absolute Gasteiger partial charge is 0.391 e. The molecule has 1 aromatic heterocycles. The zero-order chi connectivity index (χ0) is 14.9. The second-order valence-electron chi connectivity index (χ2n) is 4.72. The number of alkyl halides is 3. The maximum atomic E-state index is 12.6. The Morgan fingerprint density at radius 3 is 2.45 bits per heavy atom. The lowest BCUT2D eigenvalue weighted by molar-refractivity contribution is -0.179. The van der Waals surface area contributed by atoms with Gasteiger partial charge in [-0.05, 0) is 25.0 Å². The van der Waals surface area contributed by atoms with Gasteiger partial charge in [-0.25, -0.2) is 9.78 Å². The van der Waals surface area contributed by atoms with Gasteiger partial charge >= 0.3 is 12.1 Å². The van der Waals surface area contributed by atoms with Gasteiger partial charge in [-0.3, -0.25) is 0 Å². The van der Waals surface area contributed by atoms with Crippen molar-refractivity contribution in [2.45, 2.75) is 19.0 Å². The summed E-state index contributed by atoms with van der Waals surface area (Å²) < 4.78 is 37.8. The van der Waals surface area contributed by atoms with Gasteiger partial charge in [-0.1, -0.05) is 0 Å². The van der Waals surface area contributed by atoms with Crippen molar-refractivity contribution < 1.29 is 23.1 Å². The molecule has 2 rings (SSSR count). The molecule has 110 valence electrons. The molecule has 0 radical (unpaired) electrons. The van der Waals surface area contributed by atoms with Crippen LogP contribution >= 0.6 is 0 Å². The molecule has 1 fully saturated rings. The fourth-order valence-corrected chi connectivity index (χ4v) is 2.25. The van der Waals surface area contributed by atoms with Crippen LogP contribution < -0.4 is 10.6 Å². The maximum absolute atomic E-state index is 12.6. The highest BCUT2D eigenvalue weighted by atomic mass is 19.4. The number of aromatic carboxylic acids is 1. The number of pyridine rings is 1. The number of nitrogens with two attached hydrogens (primary N) is 1. The van der Waals surface area contributed by atoms with E-state index in [0.717, 1.165) is 0 Å². The second-order valence-corrected chi connectivity index (χ2v) is 4.72. The highest BCUT2D eigenvalue weighted by Gasteiger charge is 2.41. The molecule has 20 heavy (non-hydrogen) atoms. The maximum Gasteiger partial charge on any atom is 0.391 e. The molecule has 0 aromatic carbocycles. The van der Waals surface area contributed by atoms with Crippen LogP contribution in [0.1, 0.15) is 23.3 Å². The van der Waals surface area contributed by atoms with E-state index in [1.807, 2.05) is 0 Å². The molecule has 5 nitrogen and oxygen atoms in total. The summed E-state index contributed by atoms with van der Waals surface area (Å²) in [7, 11) is 0. The van der Waals surface area contributed by atoms with E-state index >= 15 is 0 Å². The Morgan fingerprint density at radius 2 is 1.95 bits per heavy atom. The third-order valence-electron chi connectivity index (χ3n) is 3.38. The molecule has 3 N–H and O–H groups in total. The molecular weight excluding hydrogens is 275 g/mol. The van der Waals surface area contributed by atoms with Crippen LogP contribution in [0.25, 0.3) is 0 Å². The Balaban J connectivity index is 2.14. The van der Waals surface area contributed by atoms with Crippen molar-refractivity contribution in [1.29, 1.82) is 0 Å². The number of nitrogens with zero attached hydrogens (tertiary/aromatic N) is 2. The number of hydrogen-bond acceptors (Lipinski definition) is 4. The van der Waals surface area contributed by atoms with Crippen molar-refractivity contribution in [3.63, 3.8) is 0 Å². The molecule has 1 saturated heterocycles. The summed E-state index contributed by atoms with van der Waals surface area (Å²) >= 11 is 0. The molecule has 0 atom stereocenters. The van der Waals surface area contributed by atoms with Crippen LogP contribution in [0.5, 0.6) is 0 Å². The van der Waals surface area contributed by atoms with E-state index in [4.69, 9.17) is 10.8 Å². The Labute approximate surface area is 113 Å². The summed E-state index contributed by atoms with van der Waals surface area (Å²) in [5, 5.41) is 8.88. The molecule has 0 saturated carbocycles. The average molecular weight is 289 g/mol. The van der Waals surface area contributed by atoms with Gasteiger partial charge in [-0.2, -0.15) is 13.2 Å². The number of nitrogen functional groups attached to an aromatic ring is 1. The highest BCUT2D eigenvalue weighted by Crippen LogP contribution is 2.35. The number of piperidine rings is 1. The molecule has 0 bridgehead atoms. The summed E-state index contributed by atoms with van der Waals surface area (Å²) in [5.41, 5.74) is 5.81. The lowest BCUT2D eigenvalue weighted by Crippen LogP contribution is -2.39. The summed E-state index contributed by atoms with van der Waals surface area (Å²) in [6.07, 6.45) is -4.27. The quantitative estimate of drug-likeness (QED) is 0.872. The Hall–Kier alpha value is -1.99. The zero-order valence-electron chi connectivity index (χ0n) is 10.5. The lowest BCUT2D eigenvalue weighted by Gasteiger charge is -2.34. The molecule has 0 unspecified atom stereocenters.